The van der Waals surface area contributed by atoms with Crippen molar-refractivity contribution in [1.29, 1.82) is 0 Å². The molecule has 4 rings (SSSR count). The van der Waals surface area contributed by atoms with Crippen molar-refractivity contribution in [3.8, 4) is 17.0 Å². The number of ether oxygens (including phenoxy) is 1. The molecule has 3 heterocycles. The van der Waals surface area contributed by atoms with Gasteiger partial charge < -0.3 is 14.5 Å². The molecule has 9 nitrogen and oxygen atoms in total. The molecule has 1 amide bonds. The van der Waals surface area contributed by atoms with Crippen molar-refractivity contribution in [3.63, 3.8) is 0 Å². The van der Waals surface area contributed by atoms with Crippen molar-refractivity contribution < 1.29 is 9.53 Å². The van der Waals surface area contributed by atoms with Gasteiger partial charge in [-0.25, -0.2) is 9.78 Å². The Bertz CT molecular complexity index is 1050. The fraction of sp³-hybridized carbons (Fsp3) is 0.350. The Hall–Kier alpha value is -2.91. The van der Waals surface area contributed by atoms with E-state index in [1.807, 2.05) is 36.2 Å². The molecule has 0 aliphatic carbocycles. The molecular weight excluding hydrogens is 441 g/mol. The maximum Gasteiger partial charge on any atom is 0.329 e. The monoisotopic (exact) mass is 461 g/mol. The number of carbonyl (C=O) groups is 1. The molecule has 3 aromatic rings. The first-order chi connectivity index (χ1) is 14.9. The van der Waals surface area contributed by atoms with Gasteiger partial charge >= 0.3 is 6.03 Å². The topological polar surface area (TPSA) is 89.3 Å². The van der Waals surface area contributed by atoms with Gasteiger partial charge in [0.2, 0.25) is 16.5 Å². The van der Waals surface area contributed by atoms with E-state index in [0.717, 1.165) is 29.8 Å². The lowest BCUT2D eigenvalue weighted by molar-refractivity contribution is 0.181. The van der Waals surface area contributed by atoms with E-state index in [1.165, 1.54) is 4.57 Å². The largest absolute Gasteiger partial charge is 0.497 e. The van der Waals surface area contributed by atoms with Crippen LogP contribution in [0.3, 0.4) is 0 Å². The number of carbonyl (C=O) groups excluding carboxylic acids is 1. The minimum absolute atomic E-state index is 0.0668. The number of piperidine rings is 1. The Labute approximate surface area is 189 Å². The zero-order chi connectivity index (χ0) is 22.0. The molecule has 0 atom stereocenters. The molecule has 0 spiro atoms. The Kier molecular flexibility index (Phi) is 6.24. The molecule has 1 aliphatic heterocycles. The van der Waals surface area contributed by atoms with Crippen LogP contribution in [0.2, 0.25) is 10.6 Å². The van der Waals surface area contributed by atoms with Gasteiger partial charge in [-0.1, -0.05) is 0 Å². The standard InChI is InChI=1S/C20H21Cl2N7O2/c1-27(14-7-9-28(10-8-14)19-25-17(21)24-18(22)26-19)20(30)29-11-16(23-12-29)13-3-5-15(31-2)6-4-13/h3-6,11-12,14H,7-10H2,1-2H3. The van der Waals surface area contributed by atoms with Crippen LogP contribution >= 0.6 is 23.2 Å². The van der Waals surface area contributed by atoms with Gasteiger partial charge in [-0.2, -0.15) is 15.0 Å². The fourth-order valence-corrected chi connectivity index (χ4v) is 3.94. The van der Waals surface area contributed by atoms with Crippen molar-refractivity contribution in [2.45, 2.75) is 18.9 Å². The number of imidazole rings is 1. The average Bonchev–Trinajstić information content (AvgIpc) is 3.28. The van der Waals surface area contributed by atoms with Crippen LogP contribution in [-0.4, -0.2) is 68.7 Å². The first-order valence-electron chi connectivity index (χ1n) is 9.72. The van der Waals surface area contributed by atoms with Crippen LogP contribution in [0.15, 0.2) is 36.8 Å². The molecule has 0 saturated carbocycles. The highest BCUT2D eigenvalue weighted by Gasteiger charge is 2.27. The van der Waals surface area contributed by atoms with Crippen LogP contribution in [0.25, 0.3) is 11.3 Å². The molecule has 1 fully saturated rings. The number of nitrogens with zero attached hydrogens (tertiary/aromatic N) is 7. The molecule has 0 unspecified atom stereocenters. The minimum atomic E-state index is -0.128. The van der Waals surface area contributed by atoms with E-state index >= 15 is 0 Å². The van der Waals surface area contributed by atoms with Crippen LogP contribution < -0.4 is 9.64 Å². The number of aromatic nitrogens is 5. The van der Waals surface area contributed by atoms with E-state index in [0.29, 0.717) is 19.0 Å². The normalized spacial score (nSPS) is 14.5. The molecular formula is C20H21Cl2N7O2. The van der Waals surface area contributed by atoms with Gasteiger partial charge in [0.05, 0.1) is 12.8 Å². The van der Waals surface area contributed by atoms with Crippen LogP contribution in [-0.2, 0) is 0 Å². The minimum Gasteiger partial charge on any atom is -0.497 e. The van der Waals surface area contributed by atoms with Crippen LogP contribution in [0, 0.1) is 0 Å². The Morgan fingerprint density at radius 3 is 2.35 bits per heavy atom. The van der Waals surface area contributed by atoms with Gasteiger partial charge in [0.25, 0.3) is 0 Å². The summed E-state index contributed by atoms with van der Waals surface area (Å²) in [7, 11) is 3.43. The van der Waals surface area contributed by atoms with Crippen LogP contribution in [0.1, 0.15) is 12.8 Å². The third kappa shape index (κ3) is 4.72. The highest BCUT2D eigenvalue weighted by molar-refractivity contribution is 6.31. The van der Waals surface area contributed by atoms with Gasteiger partial charge in [0.15, 0.2) is 0 Å². The zero-order valence-electron chi connectivity index (χ0n) is 17.1. The highest BCUT2D eigenvalue weighted by Crippen LogP contribution is 2.23. The van der Waals surface area contributed by atoms with E-state index in [9.17, 15) is 4.79 Å². The number of anilines is 1. The zero-order valence-corrected chi connectivity index (χ0v) is 18.6. The molecule has 0 bridgehead atoms. The lowest BCUT2D eigenvalue weighted by Gasteiger charge is -2.36. The second kappa shape index (κ2) is 9.07. The molecule has 1 aromatic carbocycles. The molecule has 2 aromatic heterocycles. The average molecular weight is 462 g/mol. The Morgan fingerprint density at radius 1 is 1.10 bits per heavy atom. The maximum absolute atomic E-state index is 13.0. The summed E-state index contributed by atoms with van der Waals surface area (Å²) in [6, 6.07) is 7.51. The van der Waals surface area contributed by atoms with E-state index in [1.54, 1.807) is 24.5 Å². The van der Waals surface area contributed by atoms with E-state index in [2.05, 4.69) is 19.9 Å². The molecule has 0 radical (unpaired) electrons. The fourth-order valence-electron chi connectivity index (χ4n) is 3.59. The van der Waals surface area contributed by atoms with Crippen molar-refractivity contribution >= 4 is 35.2 Å². The number of benzene rings is 1. The van der Waals surface area contributed by atoms with Crippen LogP contribution in [0.5, 0.6) is 5.75 Å². The maximum atomic E-state index is 13.0. The quantitative estimate of drug-likeness (QED) is 0.585. The van der Waals surface area contributed by atoms with E-state index in [4.69, 9.17) is 27.9 Å². The molecule has 0 N–H and O–H groups in total. The van der Waals surface area contributed by atoms with Gasteiger partial charge in [0.1, 0.15) is 12.1 Å². The third-order valence-corrected chi connectivity index (χ3v) is 5.69. The smallest absolute Gasteiger partial charge is 0.329 e. The lowest BCUT2D eigenvalue weighted by atomic mass is 10.0. The number of rotatable bonds is 4. The van der Waals surface area contributed by atoms with Crippen molar-refractivity contribution in [2.75, 3.05) is 32.1 Å². The van der Waals surface area contributed by atoms with Gasteiger partial charge in [-0.15, -0.1) is 0 Å². The van der Waals surface area contributed by atoms with Gasteiger partial charge in [0, 0.05) is 37.9 Å². The number of methoxy groups -OCH3 is 1. The summed E-state index contributed by atoms with van der Waals surface area (Å²) in [5, 5.41) is 0.134. The van der Waals surface area contributed by atoms with Crippen molar-refractivity contribution in [3.05, 3.63) is 47.4 Å². The molecule has 1 aliphatic rings. The van der Waals surface area contributed by atoms with Gasteiger partial charge in [-0.05, 0) is 60.3 Å². The number of halogens is 2. The summed E-state index contributed by atoms with van der Waals surface area (Å²) >= 11 is 11.8. The third-order valence-electron chi connectivity index (χ3n) is 5.36. The molecule has 11 heteroatoms. The first-order valence-corrected chi connectivity index (χ1v) is 10.5. The molecule has 162 valence electrons. The lowest BCUT2D eigenvalue weighted by Crippen LogP contribution is -2.47. The highest BCUT2D eigenvalue weighted by atomic mass is 35.5. The van der Waals surface area contributed by atoms with Crippen molar-refractivity contribution in [2.24, 2.45) is 0 Å². The van der Waals surface area contributed by atoms with Crippen molar-refractivity contribution in [1.82, 2.24) is 29.4 Å². The second-order valence-electron chi connectivity index (χ2n) is 7.18. The number of amides is 1. The van der Waals surface area contributed by atoms with E-state index in [-0.39, 0.29) is 22.6 Å². The summed E-state index contributed by atoms with van der Waals surface area (Å²) in [5.74, 6) is 1.23. The Morgan fingerprint density at radius 2 is 1.74 bits per heavy atom. The predicted molar refractivity (Wildman–Crippen MR) is 118 cm³/mol. The number of hydrogen-bond donors (Lipinski definition) is 0. The summed E-state index contributed by atoms with van der Waals surface area (Å²) in [6.07, 6.45) is 4.82. The molecule has 1 saturated heterocycles. The predicted octanol–water partition coefficient (Wildman–Crippen LogP) is 3.62. The number of hydrogen-bond acceptors (Lipinski definition) is 7. The summed E-state index contributed by atoms with van der Waals surface area (Å²) in [4.78, 5) is 33.2. The molecule has 31 heavy (non-hydrogen) atoms. The SMILES string of the molecule is COc1ccc(-c2cn(C(=O)N(C)C3CCN(c4nc(Cl)nc(Cl)n4)CC3)cn2)cc1. The second-order valence-corrected chi connectivity index (χ2v) is 7.86. The first kappa shape index (κ1) is 21.3. The van der Waals surface area contributed by atoms with Gasteiger partial charge in [-0.3, -0.25) is 4.57 Å². The van der Waals surface area contributed by atoms with E-state index < -0.39 is 0 Å². The summed E-state index contributed by atoms with van der Waals surface area (Å²) in [6.45, 7) is 1.36. The van der Waals surface area contributed by atoms with Crippen LogP contribution in [0.4, 0.5) is 10.7 Å². The summed E-state index contributed by atoms with van der Waals surface area (Å²) < 4.78 is 6.69. The summed E-state index contributed by atoms with van der Waals surface area (Å²) in [5.41, 5.74) is 1.64. The Balaban J connectivity index is 1.39.